The maximum atomic E-state index is 9.07. The molecule has 0 bridgehead atoms. The van der Waals surface area contributed by atoms with Crippen molar-refractivity contribution in [3.63, 3.8) is 0 Å². The number of rotatable bonds is 8. The van der Waals surface area contributed by atoms with Gasteiger partial charge in [0.25, 0.3) is 0 Å². The minimum atomic E-state index is 0.0649. The summed E-state index contributed by atoms with van der Waals surface area (Å²) in [4.78, 5) is 4.01. The van der Waals surface area contributed by atoms with Gasteiger partial charge in [-0.05, 0) is 36.4 Å². The summed E-state index contributed by atoms with van der Waals surface area (Å²) in [6, 6.07) is 7.87. The van der Waals surface area contributed by atoms with Crippen LogP contribution in [0.25, 0.3) is 0 Å². The van der Waals surface area contributed by atoms with Gasteiger partial charge in [-0.15, -0.1) is 0 Å². The number of hydrogen-bond donors (Lipinski definition) is 4. The van der Waals surface area contributed by atoms with Crippen molar-refractivity contribution >= 4 is 11.4 Å². The molecule has 0 saturated carbocycles. The SMILES string of the molecule is CN1C=CC=CC1NNc1ccc(N(CCO)CCO)cc1. The first-order chi connectivity index (χ1) is 10.7. The van der Waals surface area contributed by atoms with Gasteiger partial charge >= 0.3 is 0 Å². The minimum absolute atomic E-state index is 0.0649. The van der Waals surface area contributed by atoms with Crippen LogP contribution in [0.5, 0.6) is 0 Å². The number of benzene rings is 1. The van der Waals surface area contributed by atoms with Gasteiger partial charge in [-0.2, -0.15) is 0 Å². The van der Waals surface area contributed by atoms with Gasteiger partial charge in [0.05, 0.1) is 13.2 Å². The molecule has 22 heavy (non-hydrogen) atoms. The molecule has 0 aliphatic carbocycles. The number of aliphatic hydroxyl groups is 2. The molecular weight excluding hydrogens is 280 g/mol. The summed E-state index contributed by atoms with van der Waals surface area (Å²) >= 11 is 0. The standard InChI is InChI=1S/C16H24N4O2/c1-19-9-3-2-4-16(19)18-17-14-5-7-15(8-6-14)20(10-12-21)11-13-22/h2-9,16-18,21-22H,10-13H2,1H3. The summed E-state index contributed by atoms with van der Waals surface area (Å²) in [6.45, 7) is 1.15. The van der Waals surface area contributed by atoms with E-state index in [0.29, 0.717) is 13.1 Å². The van der Waals surface area contributed by atoms with Gasteiger partial charge in [0.15, 0.2) is 0 Å². The molecule has 1 atom stereocenters. The molecule has 120 valence electrons. The summed E-state index contributed by atoms with van der Waals surface area (Å²) in [5.74, 6) is 0. The molecule has 1 unspecified atom stereocenters. The number of hydrazine groups is 1. The van der Waals surface area contributed by atoms with Gasteiger partial charge < -0.3 is 25.4 Å². The van der Waals surface area contributed by atoms with Crippen LogP contribution in [0.3, 0.4) is 0 Å². The highest BCUT2D eigenvalue weighted by atomic mass is 16.3. The Hall–Kier alpha value is -2.02. The molecule has 1 aliphatic heterocycles. The van der Waals surface area contributed by atoms with Crippen molar-refractivity contribution in [1.82, 2.24) is 10.3 Å². The third kappa shape index (κ3) is 4.49. The topological polar surface area (TPSA) is 71.0 Å². The molecule has 6 heteroatoms. The summed E-state index contributed by atoms with van der Waals surface area (Å²) in [5, 5.41) is 18.1. The summed E-state index contributed by atoms with van der Waals surface area (Å²) < 4.78 is 0. The molecular formula is C16H24N4O2. The Morgan fingerprint density at radius 2 is 1.77 bits per heavy atom. The maximum Gasteiger partial charge on any atom is 0.115 e. The van der Waals surface area contributed by atoms with Crippen LogP contribution in [-0.2, 0) is 0 Å². The molecule has 0 saturated heterocycles. The summed E-state index contributed by atoms with van der Waals surface area (Å²) in [6.07, 6.45) is 8.16. The second kappa shape index (κ2) is 8.43. The number of allylic oxidation sites excluding steroid dienone is 2. The monoisotopic (exact) mass is 304 g/mol. The number of likely N-dealkylation sites (N-methyl/N-ethyl adjacent to an activating group) is 1. The molecule has 0 fully saturated rings. The third-order valence-corrected chi connectivity index (χ3v) is 3.50. The van der Waals surface area contributed by atoms with Gasteiger partial charge in [0.2, 0.25) is 0 Å². The Morgan fingerprint density at radius 3 is 2.36 bits per heavy atom. The van der Waals surface area contributed by atoms with Crippen LogP contribution in [0.15, 0.2) is 48.7 Å². The molecule has 1 aliphatic rings. The highest BCUT2D eigenvalue weighted by Gasteiger charge is 2.09. The second-order valence-electron chi connectivity index (χ2n) is 5.09. The van der Waals surface area contributed by atoms with Crippen molar-refractivity contribution in [2.75, 3.05) is 43.7 Å². The minimum Gasteiger partial charge on any atom is -0.395 e. The van der Waals surface area contributed by atoms with Gasteiger partial charge in [0, 0.05) is 37.7 Å². The Kier molecular flexibility index (Phi) is 6.27. The lowest BCUT2D eigenvalue weighted by molar-refractivity contribution is 0.281. The molecule has 1 aromatic rings. The fraction of sp³-hybridized carbons (Fsp3) is 0.375. The van der Waals surface area contributed by atoms with Crippen LogP contribution in [0.1, 0.15) is 0 Å². The molecule has 6 nitrogen and oxygen atoms in total. The Bertz CT molecular complexity index is 495. The van der Waals surface area contributed by atoms with Crippen molar-refractivity contribution in [2.24, 2.45) is 0 Å². The molecule has 1 aromatic carbocycles. The second-order valence-corrected chi connectivity index (χ2v) is 5.09. The number of anilines is 2. The number of hydrogen-bond acceptors (Lipinski definition) is 6. The van der Waals surface area contributed by atoms with E-state index in [0.717, 1.165) is 11.4 Å². The van der Waals surface area contributed by atoms with E-state index < -0.39 is 0 Å². The van der Waals surface area contributed by atoms with E-state index in [1.807, 2.05) is 54.6 Å². The molecule has 0 spiro atoms. The van der Waals surface area contributed by atoms with Crippen LogP contribution in [0.2, 0.25) is 0 Å². The molecule has 0 amide bonds. The van der Waals surface area contributed by atoms with Crippen LogP contribution in [-0.4, -0.2) is 54.6 Å². The Labute approximate surface area is 131 Å². The van der Waals surface area contributed by atoms with Gasteiger partial charge in [-0.1, -0.05) is 6.08 Å². The molecule has 2 rings (SSSR count). The van der Waals surface area contributed by atoms with Gasteiger partial charge in [-0.25, -0.2) is 5.43 Å². The third-order valence-electron chi connectivity index (χ3n) is 3.50. The molecule has 1 heterocycles. The van der Waals surface area contributed by atoms with E-state index in [4.69, 9.17) is 10.2 Å². The lowest BCUT2D eigenvalue weighted by Gasteiger charge is -2.28. The van der Waals surface area contributed by atoms with Crippen molar-refractivity contribution in [2.45, 2.75) is 6.17 Å². The zero-order valence-corrected chi connectivity index (χ0v) is 12.8. The van der Waals surface area contributed by atoms with Gasteiger partial charge in [0.1, 0.15) is 6.17 Å². The number of nitrogens with zero attached hydrogens (tertiary/aromatic N) is 2. The van der Waals surface area contributed by atoms with Gasteiger partial charge in [-0.3, -0.25) is 0 Å². The fourth-order valence-electron chi connectivity index (χ4n) is 2.26. The van der Waals surface area contributed by atoms with E-state index in [-0.39, 0.29) is 19.4 Å². The maximum absolute atomic E-state index is 9.07. The first kappa shape index (κ1) is 16.4. The van der Waals surface area contributed by atoms with Crippen LogP contribution in [0.4, 0.5) is 11.4 Å². The van der Waals surface area contributed by atoms with Crippen molar-refractivity contribution in [1.29, 1.82) is 0 Å². The average molecular weight is 304 g/mol. The smallest absolute Gasteiger partial charge is 0.115 e. The van der Waals surface area contributed by atoms with Crippen molar-refractivity contribution in [3.05, 3.63) is 48.7 Å². The predicted molar refractivity (Wildman–Crippen MR) is 89.4 cm³/mol. The Balaban J connectivity index is 1.91. The molecule has 0 radical (unpaired) electrons. The lowest BCUT2D eigenvalue weighted by Crippen LogP contribution is -2.43. The largest absolute Gasteiger partial charge is 0.395 e. The first-order valence-corrected chi connectivity index (χ1v) is 7.40. The highest BCUT2D eigenvalue weighted by Crippen LogP contribution is 2.17. The van der Waals surface area contributed by atoms with Crippen LogP contribution in [0, 0.1) is 0 Å². The highest BCUT2D eigenvalue weighted by molar-refractivity contribution is 5.54. The zero-order valence-electron chi connectivity index (χ0n) is 12.8. The average Bonchev–Trinajstić information content (AvgIpc) is 2.54. The van der Waals surface area contributed by atoms with E-state index >= 15 is 0 Å². The van der Waals surface area contributed by atoms with E-state index in [9.17, 15) is 0 Å². The Morgan fingerprint density at radius 1 is 1.09 bits per heavy atom. The number of nitrogens with one attached hydrogen (secondary N) is 2. The normalized spacial score (nSPS) is 16.9. The van der Waals surface area contributed by atoms with Crippen molar-refractivity contribution < 1.29 is 10.2 Å². The number of aliphatic hydroxyl groups excluding tert-OH is 2. The first-order valence-electron chi connectivity index (χ1n) is 7.40. The van der Waals surface area contributed by atoms with E-state index in [2.05, 4.69) is 21.8 Å². The molecule has 4 N–H and O–H groups in total. The molecule has 0 aromatic heterocycles. The van der Waals surface area contributed by atoms with Crippen LogP contribution < -0.4 is 15.8 Å². The van der Waals surface area contributed by atoms with Crippen LogP contribution >= 0.6 is 0 Å². The van der Waals surface area contributed by atoms with E-state index in [1.165, 1.54) is 0 Å². The summed E-state index contributed by atoms with van der Waals surface area (Å²) in [7, 11) is 2.00. The quantitative estimate of drug-likeness (QED) is 0.531. The summed E-state index contributed by atoms with van der Waals surface area (Å²) in [5.41, 5.74) is 8.34. The van der Waals surface area contributed by atoms with E-state index in [1.54, 1.807) is 0 Å². The fourth-order valence-corrected chi connectivity index (χ4v) is 2.26. The predicted octanol–water partition coefficient (Wildman–Crippen LogP) is 0.735. The zero-order chi connectivity index (χ0) is 15.8. The lowest BCUT2D eigenvalue weighted by atomic mass is 10.2. The van der Waals surface area contributed by atoms with Crippen molar-refractivity contribution in [3.8, 4) is 0 Å².